The van der Waals surface area contributed by atoms with Crippen LogP contribution in [0.25, 0.3) is 0 Å². The van der Waals surface area contributed by atoms with Gasteiger partial charge in [-0.3, -0.25) is 0 Å². The maximum Gasteiger partial charge on any atom is 0.338 e. The Morgan fingerprint density at radius 1 is 0.828 bits per heavy atom. The summed E-state index contributed by atoms with van der Waals surface area (Å²) >= 11 is 0. The first-order valence-corrected chi connectivity index (χ1v) is 11.6. The number of carboxylic acid groups (broad SMARTS) is 1. The summed E-state index contributed by atoms with van der Waals surface area (Å²) in [5.41, 5.74) is 0.438. The van der Waals surface area contributed by atoms with Gasteiger partial charge in [-0.15, -0.1) is 0 Å². The maximum absolute atomic E-state index is 12.8. The number of hydrogen-bond acceptors (Lipinski definition) is 3. The molecule has 4 nitrogen and oxygen atoms in total. The highest BCUT2D eigenvalue weighted by molar-refractivity contribution is 5.94. The van der Waals surface area contributed by atoms with E-state index in [9.17, 15) is 14.7 Å². The first-order chi connectivity index (χ1) is 14.0. The molecule has 1 aromatic rings. The molecule has 0 bridgehead atoms. The van der Waals surface area contributed by atoms with Gasteiger partial charge in [-0.25, -0.2) is 9.59 Å². The molecule has 0 aliphatic carbocycles. The fourth-order valence-electron chi connectivity index (χ4n) is 3.87. The van der Waals surface area contributed by atoms with Gasteiger partial charge in [0.2, 0.25) is 0 Å². The second-order valence-electron chi connectivity index (χ2n) is 8.08. The minimum atomic E-state index is -1.03. The van der Waals surface area contributed by atoms with Gasteiger partial charge in [-0.1, -0.05) is 78.2 Å². The lowest BCUT2D eigenvalue weighted by Gasteiger charge is -2.27. The number of aromatic carboxylic acids is 1. The lowest BCUT2D eigenvalue weighted by Crippen LogP contribution is -2.27. The number of carbonyl (C=O) groups excluding carboxylic acids is 1. The summed E-state index contributed by atoms with van der Waals surface area (Å²) in [5, 5.41) is 9.19. The van der Waals surface area contributed by atoms with Crippen LogP contribution in [0.3, 0.4) is 0 Å². The Bertz CT molecular complexity index is 596. The van der Waals surface area contributed by atoms with Crippen LogP contribution in [0.1, 0.15) is 119 Å². The molecule has 0 aliphatic rings. The Balaban J connectivity index is 2.85. The zero-order chi connectivity index (χ0) is 21.5. The van der Waals surface area contributed by atoms with Crippen LogP contribution in [0.2, 0.25) is 0 Å². The Morgan fingerprint density at radius 3 is 2.10 bits per heavy atom. The molecule has 0 saturated carbocycles. The van der Waals surface area contributed by atoms with Gasteiger partial charge in [-0.2, -0.15) is 0 Å². The van der Waals surface area contributed by atoms with E-state index in [1.165, 1.54) is 57.1 Å². The minimum absolute atomic E-state index is 0.0885. The van der Waals surface area contributed by atoms with Crippen molar-refractivity contribution in [3.8, 4) is 0 Å². The number of carbonyl (C=O) groups is 2. The Kier molecular flexibility index (Phi) is 13.1. The summed E-state index contributed by atoms with van der Waals surface area (Å²) in [6, 6.07) is 6.15. The predicted molar refractivity (Wildman–Crippen MR) is 119 cm³/mol. The molecular weight excluding hydrogens is 364 g/mol. The van der Waals surface area contributed by atoms with Crippen LogP contribution >= 0.6 is 0 Å². The van der Waals surface area contributed by atoms with Crippen molar-refractivity contribution in [3.05, 3.63) is 35.4 Å². The quantitative estimate of drug-likeness (QED) is 0.232. The molecule has 1 N–H and O–H groups in total. The van der Waals surface area contributed by atoms with E-state index in [0.717, 1.165) is 32.1 Å². The van der Waals surface area contributed by atoms with Crippen LogP contribution in [0.4, 0.5) is 0 Å². The van der Waals surface area contributed by atoms with E-state index in [2.05, 4.69) is 20.8 Å². The Labute approximate surface area is 177 Å². The summed E-state index contributed by atoms with van der Waals surface area (Å²) in [6.45, 7) is 6.60. The molecule has 0 aliphatic heterocycles. The van der Waals surface area contributed by atoms with E-state index < -0.39 is 11.9 Å². The highest BCUT2D eigenvalue weighted by Crippen LogP contribution is 2.27. The fourth-order valence-corrected chi connectivity index (χ4v) is 3.87. The van der Waals surface area contributed by atoms with Crippen LogP contribution in [0.5, 0.6) is 0 Å². The average molecular weight is 405 g/mol. The molecule has 0 fully saturated rings. The van der Waals surface area contributed by atoms with Crippen LogP contribution in [-0.4, -0.2) is 23.1 Å². The largest absolute Gasteiger partial charge is 0.478 e. The molecule has 4 heteroatoms. The summed E-state index contributed by atoms with van der Waals surface area (Å²) < 4.78 is 5.99. The number of hydrogen-bond donors (Lipinski definition) is 1. The third-order valence-electron chi connectivity index (χ3n) is 5.56. The van der Waals surface area contributed by atoms with Crippen LogP contribution in [0, 0.1) is 5.92 Å². The van der Waals surface area contributed by atoms with E-state index in [1.807, 2.05) is 0 Å². The van der Waals surface area contributed by atoms with Crippen molar-refractivity contribution in [1.82, 2.24) is 0 Å². The number of ether oxygens (including phenoxy) is 1. The lowest BCUT2D eigenvalue weighted by molar-refractivity contribution is 0.00676. The van der Waals surface area contributed by atoms with Crippen molar-refractivity contribution in [2.75, 3.05) is 0 Å². The topological polar surface area (TPSA) is 63.6 Å². The Morgan fingerprint density at radius 2 is 1.45 bits per heavy atom. The predicted octanol–water partition coefficient (Wildman–Crippen LogP) is 7.27. The fraction of sp³-hybridized carbons (Fsp3) is 0.680. The summed E-state index contributed by atoms with van der Waals surface area (Å²) in [7, 11) is 0. The van der Waals surface area contributed by atoms with E-state index >= 15 is 0 Å². The number of benzene rings is 1. The average Bonchev–Trinajstić information content (AvgIpc) is 2.72. The first-order valence-electron chi connectivity index (χ1n) is 11.6. The van der Waals surface area contributed by atoms with Gasteiger partial charge >= 0.3 is 11.9 Å². The monoisotopic (exact) mass is 404 g/mol. The summed E-state index contributed by atoms with van der Waals surface area (Å²) in [5.74, 6) is -1.05. The van der Waals surface area contributed by atoms with Crippen molar-refractivity contribution in [2.24, 2.45) is 5.92 Å². The highest BCUT2D eigenvalue weighted by Gasteiger charge is 2.25. The van der Waals surface area contributed by atoms with E-state index in [-0.39, 0.29) is 11.7 Å². The van der Waals surface area contributed by atoms with Gasteiger partial charge in [-0.05, 0) is 49.8 Å². The molecule has 0 amide bonds. The molecule has 0 heterocycles. The van der Waals surface area contributed by atoms with Crippen molar-refractivity contribution in [2.45, 2.75) is 104 Å². The second kappa shape index (κ2) is 15.1. The second-order valence-corrected chi connectivity index (χ2v) is 8.08. The summed E-state index contributed by atoms with van der Waals surface area (Å²) in [6.07, 6.45) is 13.5. The van der Waals surface area contributed by atoms with Crippen LogP contribution < -0.4 is 0 Å². The molecule has 0 radical (unpaired) electrons. The smallest absolute Gasteiger partial charge is 0.338 e. The molecule has 0 aromatic heterocycles. The van der Waals surface area contributed by atoms with Crippen LogP contribution in [-0.2, 0) is 4.74 Å². The van der Waals surface area contributed by atoms with E-state index in [4.69, 9.17) is 4.74 Å². The molecule has 2 atom stereocenters. The maximum atomic E-state index is 12.8. The standard InChI is InChI=1S/C25H40O4/c1-4-7-9-10-12-18-23(20(14-6-3)15-11-8-5-2)29-25(28)22-17-13-16-21(19-22)24(26)27/h13,16-17,19-20,23H,4-12,14-15,18H2,1-3H3,(H,26,27). The van der Waals surface area contributed by atoms with Gasteiger partial charge in [0, 0.05) is 0 Å². The molecule has 1 aromatic carbocycles. The SMILES string of the molecule is CCCCCCCC(OC(=O)c1cccc(C(=O)O)c1)C(CCC)CCCCC. The van der Waals surface area contributed by atoms with Gasteiger partial charge in [0.05, 0.1) is 11.1 Å². The lowest BCUT2D eigenvalue weighted by atomic mass is 9.88. The molecule has 2 unspecified atom stereocenters. The molecule has 0 saturated heterocycles. The molecule has 29 heavy (non-hydrogen) atoms. The summed E-state index contributed by atoms with van der Waals surface area (Å²) in [4.78, 5) is 24.0. The number of rotatable bonds is 16. The van der Waals surface area contributed by atoms with E-state index in [1.54, 1.807) is 12.1 Å². The van der Waals surface area contributed by atoms with Gasteiger partial charge in [0.25, 0.3) is 0 Å². The van der Waals surface area contributed by atoms with Crippen molar-refractivity contribution in [1.29, 1.82) is 0 Å². The minimum Gasteiger partial charge on any atom is -0.478 e. The van der Waals surface area contributed by atoms with Crippen molar-refractivity contribution < 1.29 is 19.4 Å². The van der Waals surface area contributed by atoms with Crippen LogP contribution in [0.15, 0.2) is 24.3 Å². The van der Waals surface area contributed by atoms with E-state index in [0.29, 0.717) is 11.5 Å². The number of carboxylic acids is 1. The van der Waals surface area contributed by atoms with Gasteiger partial charge < -0.3 is 9.84 Å². The van der Waals surface area contributed by atoms with Gasteiger partial charge in [0.15, 0.2) is 0 Å². The van der Waals surface area contributed by atoms with Crippen molar-refractivity contribution >= 4 is 11.9 Å². The third-order valence-corrected chi connectivity index (χ3v) is 5.56. The normalized spacial score (nSPS) is 13.1. The zero-order valence-electron chi connectivity index (χ0n) is 18.6. The third kappa shape index (κ3) is 9.96. The molecular formula is C25H40O4. The highest BCUT2D eigenvalue weighted by atomic mass is 16.5. The molecule has 1 rings (SSSR count). The van der Waals surface area contributed by atoms with Crippen molar-refractivity contribution in [3.63, 3.8) is 0 Å². The first kappa shape index (κ1) is 25.2. The number of unbranched alkanes of at least 4 members (excludes halogenated alkanes) is 6. The molecule has 164 valence electrons. The Hall–Kier alpha value is -1.84. The number of esters is 1. The van der Waals surface area contributed by atoms with Gasteiger partial charge in [0.1, 0.15) is 6.10 Å². The molecule has 0 spiro atoms. The zero-order valence-corrected chi connectivity index (χ0v) is 18.6.